The lowest BCUT2D eigenvalue weighted by Crippen LogP contribution is -2.33. The molecule has 92 valence electrons. The molecule has 0 aliphatic carbocycles. The Balaban J connectivity index is 2.39. The molecule has 1 aromatic carbocycles. The molecule has 1 atom stereocenters. The monoisotopic (exact) mass is 251 g/mol. The maximum atomic E-state index is 11.5. The molecule has 1 aromatic rings. The molecule has 0 spiro atoms. The summed E-state index contributed by atoms with van der Waals surface area (Å²) >= 11 is 1.47. The van der Waals surface area contributed by atoms with Crippen LogP contribution in [0.25, 0.3) is 0 Å². The van der Waals surface area contributed by atoms with Crippen molar-refractivity contribution < 1.29 is 9.59 Å². The van der Waals surface area contributed by atoms with Gasteiger partial charge in [0.2, 0.25) is 5.91 Å². The Labute approximate surface area is 106 Å². The molecular formula is C13H17NO2S. The number of thioether (sulfide) groups is 1. The molecule has 3 nitrogen and oxygen atoms in total. The lowest BCUT2D eigenvalue weighted by molar-refractivity contribution is -0.119. The minimum atomic E-state index is 0.0452. The van der Waals surface area contributed by atoms with Crippen LogP contribution in [0.2, 0.25) is 0 Å². The third-order valence-electron chi connectivity index (χ3n) is 2.41. The number of carbonyl (C=O) groups is 2. The predicted octanol–water partition coefficient (Wildman–Crippen LogP) is 2.51. The fraction of sp³-hybridized carbons (Fsp3) is 0.385. The van der Waals surface area contributed by atoms with E-state index < -0.39 is 0 Å². The average molecular weight is 251 g/mol. The van der Waals surface area contributed by atoms with Crippen LogP contribution >= 0.6 is 11.8 Å². The maximum Gasteiger partial charge on any atom is 0.230 e. The summed E-state index contributed by atoms with van der Waals surface area (Å²) in [5.41, 5.74) is 0.651. The topological polar surface area (TPSA) is 46.2 Å². The van der Waals surface area contributed by atoms with Gasteiger partial charge in [0.15, 0.2) is 0 Å². The van der Waals surface area contributed by atoms with Crippen LogP contribution in [0.4, 0.5) is 0 Å². The van der Waals surface area contributed by atoms with Gasteiger partial charge in [0.25, 0.3) is 0 Å². The number of hydrogen-bond acceptors (Lipinski definition) is 3. The second kappa shape index (κ2) is 7.12. The van der Waals surface area contributed by atoms with E-state index in [9.17, 15) is 9.59 Å². The summed E-state index contributed by atoms with van der Waals surface area (Å²) in [4.78, 5) is 23.0. The zero-order valence-electron chi connectivity index (χ0n) is 10.1. The molecular weight excluding hydrogens is 234 g/mol. The average Bonchev–Trinajstić information content (AvgIpc) is 2.36. The minimum Gasteiger partial charge on any atom is -0.353 e. The molecule has 0 saturated carbocycles. The molecule has 4 heteroatoms. The van der Waals surface area contributed by atoms with Gasteiger partial charge in [-0.25, -0.2) is 0 Å². The van der Waals surface area contributed by atoms with Crippen LogP contribution in [-0.2, 0) is 4.79 Å². The fourth-order valence-corrected chi connectivity index (χ4v) is 1.92. The summed E-state index contributed by atoms with van der Waals surface area (Å²) in [5, 5.41) is 2.91. The van der Waals surface area contributed by atoms with Crippen LogP contribution in [0.3, 0.4) is 0 Å². The van der Waals surface area contributed by atoms with Gasteiger partial charge < -0.3 is 5.32 Å². The second-order valence-corrected chi connectivity index (χ2v) is 4.90. The highest BCUT2D eigenvalue weighted by atomic mass is 32.2. The molecule has 0 aliphatic rings. The van der Waals surface area contributed by atoms with E-state index in [1.807, 2.05) is 26.0 Å². The zero-order chi connectivity index (χ0) is 12.7. The molecule has 1 rings (SSSR count). The van der Waals surface area contributed by atoms with Crippen molar-refractivity contribution in [1.29, 1.82) is 0 Å². The number of rotatable bonds is 6. The van der Waals surface area contributed by atoms with Crippen LogP contribution in [-0.4, -0.2) is 24.0 Å². The molecule has 0 fully saturated rings. The normalized spacial score (nSPS) is 11.9. The molecule has 0 bridgehead atoms. The van der Waals surface area contributed by atoms with Crippen molar-refractivity contribution in [3.05, 3.63) is 29.8 Å². The van der Waals surface area contributed by atoms with Gasteiger partial charge in [-0.15, -0.1) is 11.8 Å². The first kappa shape index (κ1) is 13.8. The van der Waals surface area contributed by atoms with Gasteiger partial charge in [0.1, 0.15) is 6.29 Å². The lowest BCUT2D eigenvalue weighted by Gasteiger charge is -2.10. The van der Waals surface area contributed by atoms with Crippen molar-refractivity contribution >= 4 is 24.0 Å². The first-order valence-corrected chi connectivity index (χ1v) is 6.61. The van der Waals surface area contributed by atoms with Crippen molar-refractivity contribution in [3.8, 4) is 0 Å². The summed E-state index contributed by atoms with van der Waals surface area (Å²) in [6.07, 6.45) is 1.74. The Bertz CT molecular complexity index is 376. The predicted molar refractivity (Wildman–Crippen MR) is 70.4 cm³/mol. The molecule has 0 radical (unpaired) electrons. The van der Waals surface area contributed by atoms with E-state index in [-0.39, 0.29) is 11.9 Å². The second-order valence-electron chi connectivity index (χ2n) is 3.85. The Kier molecular flexibility index (Phi) is 5.77. The maximum absolute atomic E-state index is 11.5. The lowest BCUT2D eigenvalue weighted by atomic mass is 10.2. The number of nitrogens with one attached hydrogen (secondary N) is 1. The van der Waals surface area contributed by atoms with Gasteiger partial charge in [-0.05, 0) is 25.5 Å². The highest BCUT2D eigenvalue weighted by Gasteiger charge is 2.05. The summed E-state index contributed by atoms with van der Waals surface area (Å²) < 4.78 is 0. The number of carbonyl (C=O) groups excluding carboxylic acids is 2. The third-order valence-corrected chi connectivity index (χ3v) is 3.42. The van der Waals surface area contributed by atoms with Crippen molar-refractivity contribution in [2.75, 3.05) is 5.75 Å². The van der Waals surface area contributed by atoms with Gasteiger partial charge in [-0.1, -0.05) is 19.1 Å². The largest absolute Gasteiger partial charge is 0.353 e. The summed E-state index contributed by atoms with van der Waals surface area (Å²) in [6, 6.07) is 7.43. The van der Waals surface area contributed by atoms with Crippen LogP contribution in [0.1, 0.15) is 30.6 Å². The van der Waals surface area contributed by atoms with Gasteiger partial charge in [0.05, 0.1) is 5.75 Å². The minimum absolute atomic E-state index is 0.0452. The van der Waals surface area contributed by atoms with Crippen LogP contribution in [0.5, 0.6) is 0 Å². The molecule has 1 unspecified atom stereocenters. The Hall–Kier alpha value is -1.29. The molecule has 0 heterocycles. The quantitative estimate of drug-likeness (QED) is 0.624. The Morgan fingerprint density at radius 2 is 2.06 bits per heavy atom. The third kappa shape index (κ3) is 5.04. The first-order valence-electron chi connectivity index (χ1n) is 5.63. The first-order chi connectivity index (χ1) is 8.15. The highest BCUT2D eigenvalue weighted by Crippen LogP contribution is 2.17. The van der Waals surface area contributed by atoms with E-state index in [4.69, 9.17) is 0 Å². The summed E-state index contributed by atoms with van der Waals surface area (Å²) in [7, 11) is 0. The Morgan fingerprint density at radius 3 is 2.59 bits per heavy atom. The van der Waals surface area contributed by atoms with Crippen LogP contribution in [0, 0.1) is 0 Å². The molecule has 1 amide bonds. The molecule has 0 saturated heterocycles. The number of hydrogen-bond donors (Lipinski definition) is 1. The van der Waals surface area contributed by atoms with Crippen molar-refractivity contribution in [2.24, 2.45) is 0 Å². The number of aldehydes is 1. The van der Waals surface area contributed by atoms with Gasteiger partial charge >= 0.3 is 0 Å². The zero-order valence-corrected chi connectivity index (χ0v) is 10.9. The van der Waals surface area contributed by atoms with E-state index in [0.29, 0.717) is 11.3 Å². The van der Waals surface area contributed by atoms with E-state index in [1.165, 1.54) is 11.8 Å². The van der Waals surface area contributed by atoms with Crippen molar-refractivity contribution in [2.45, 2.75) is 31.2 Å². The van der Waals surface area contributed by atoms with E-state index in [0.717, 1.165) is 17.6 Å². The van der Waals surface area contributed by atoms with Crippen LogP contribution in [0.15, 0.2) is 29.2 Å². The van der Waals surface area contributed by atoms with E-state index in [2.05, 4.69) is 5.32 Å². The van der Waals surface area contributed by atoms with Gasteiger partial charge in [-0.2, -0.15) is 0 Å². The summed E-state index contributed by atoms with van der Waals surface area (Å²) in [5.74, 6) is 0.453. The van der Waals surface area contributed by atoms with Gasteiger partial charge in [-0.3, -0.25) is 9.59 Å². The highest BCUT2D eigenvalue weighted by molar-refractivity contribution is 8.00. The standard InChI is InChI=1S/C13H17NO2S/c1-3-10(2)14-13(16)9-17-12-6-4-11(8-15)5-7-12/h4-8,10H,3,9H2,1-2H3,(H,14,16). The molecule has 1 N–H and O–H groups in total. The van der Waals surface area contributed by atoms with E-state index >= 15 is 0 Å². The SMILES string of the molecule is CCC(C)NC(=O)CSc1ccc(C=O)cc1. The van der Waals surface area contributed by atoms with E-state index in [1.54, 1.807) is 12.1 Å². The fourth-order valence-electron chi connectivity index (χ4n) is 1.21. The van der Waals surface area contributed by atoms with Crippen LogP contribution < -0.4 is 5.32 Å². The number of benzene rings is 1. The van der Waals surface area contributed by atoms with Crippen molar-refractivity contribution in [3.63, 3.8) is 0 Å². The Morgan fingerprint density at radius 1 is 1.41 bits per heavy atom. The molecule has 0 aliphatic heterocycles. The molecule has 17 heavy (non-hydrogen) atoms. The number of amides is 1. The van der Waals surface area contributed by atoms with Gasteiger partial charge in [0, 0.05) is 16.5 Å². The smallest absolute Gasteiger partial charge is 0.230 e. The molecule has 0 aromatic heterocycles. The van der Waals surface area contributed by atoms with Crippen molar-refractivity contribution in [1.82, 2.24) is 5.32 Å². The summed E-state index contributed by atoms with van der Waals surface area (Å²) in [6.45, 7) is 4.03.